The fourth-order valence-electron chi connectivity index (χ4n) is 2.23. The zero-order chi connectivity index (χ0) is 13.8. The van der Waals surface area contributed by atoms with Gasteiger partial charge in [-0.15, -0.1) is 11.8 Å². The number of benzene rings is 1. The fourth-order valence-corrected chi connectivity index (χ4v) is 3.17. The number of thioether (sulfide) groups is 1. The molecule has 1 fully saturated rings. The van der Waals surface area contributed by atoms with Crippen LogP contribution in [0.4, 0.5) is 0 Å². The number of hydrogen-bond donors (Lipinski definition) is 1. The van der Waals surface area contributed by atoms with Crippen molar-refractivity contribution < 1.29 is 4.79 Å². The molecule has 1 aliphatic rings. The van der Waals surface area contributed by atoms with Gasteiger partial charge in [-0.1, -0.05) is 6.07 Å². The predicted octanol–water partition coefficient (Wildman–Crippen LogP) is 2.35. The van der Waals surface area contributed by atoms with Crippen LogP contribution in [0.3, 0.4) is 0 Å². The van der Waals surface area contributed by atoms with Gasteiger partial charge in [-0.3, -0.25) is 4.79 Å². The van der Waals surface area contributed by atoms with Crippen LogP contribution in [-0.4, -0.2) is 35.7 Å². The van der Waals surface area contributed by atoms with Gasteiger partial charge in [0.2, 0.25) is 5.91 Å². The van der Waals surface area contributed by atoms with Gasteiger partial charge < -0.3 is 10.6 Å². The summed E-state index contributed by atoms with van der Waals surface area (Å²) in [5.74, 6) is 1.08. The molecular formula is C15H22N2OS. The second-order valence-corrected chi connectivity index (χ2v) is 6.40. The highest BCUT2D eigenvalue weighted by molar-refractivity contribution is 7.99. The standard InChI is InChI=1S/C15H22N2OS/c1-11-3-4-14(9-12(11)2)19-8-6-15(18)17-7-5-13(16)10-17/h3-4,9,13H,5-8,10,16H2,1-2H3/t13-/m1/s1. The molecule has 0 saturated carbocycles. The Morgan fingerprint density at radius 1 is 1.42 bits per heavy atom. The Bertz CT molecular complexity index is 461. The fraction of sp³-hybridized carbons (Fsp3) is 0.533. The highest BCUT2D eigenvalue weighted by Gasteiger charge is 2.22. The van der Waals surface area contributed by atoms with Crippen molar-refractivity contribution in [1.82, 2.24) is 4.90 Å². The zero-order valence-electron chi connectivity index (χ0n) is 11.7. The van der Waals surface area contributed by atoms with E-state index in [0.29, 0.717) is 6.42 Å². The van der Waals surface area contributed by atoms with Gasteiger partial charge in [-0.05, 0) is 43.5 Å². The summed E-state index contributed by atoms with van der Waals surface area (Å²) in [5, 5.41) is 0. The molecule has 1 amide bonds. The quantitative estimate of drug-likeness (QED) is 0.860. The van der Waals surface area contributed by atoms with Crippen molar-refractivity contribution in [3.8, 4) is 0 Å². The van der Waals surface area contributed by atoms with Crippen molar-refractivity contribution >= 4 is 17.7 Å². The van der Waals surface area contributed by atoms with Crippen molar-refractivity contribution in [1.29, 1.82) is 0 Å². The van der Waals surface area contributed by atoms with Crippen LogP contribution >= 0.6 is 11.8 Å². The summed E-state index contributed by atoms with van der Waals surface area (Å²) in [6, 6.07) is 6.63. The molecule has 1 atom stereocenters. The van der Waals surface area contributed by atoms with E-state index in [1.807, 2.05) is 4.90 Å². The lowest BCUT2D eigenvalue weighted by Gasteiger charge is -2.15. The highest BCUT2D eigenvalue weighted by Crippen LogP contribution is 2.22. The molecule has 1 aromatic carbocycles. The molecule has 1 saturated heterocycles. The molecule has 1 aliphatic heterocycles. The summed E-state index contributed by atoms with van der Waals surface area (Å²) in [6.07, 6.45) is 1.54. The van der Waals surface area contributed by atoms with Gasteiger partial charge in [0.25, 0.3) is 0 Å². The van der Waals surface area contributed by atoms with Crippen molar-refractivity contribution in [2.45, 2.75) is 37.6 Å². The van der Waals surface area contributed by atoms with Crippen molar-refractivity contribution in [3.05, 3.63) is 29.3 Å². The minimum atomic E-state index is 0.177. The molecule has 3 nitrogen and oxygen atoms in total. The van der Waals surface area contributed by atoms with Crippen LogP contribution in [0.25, 0.3) is 0 Å². The molecule has 0 radical (unpaired) electrons. The molecule has 4 heteroatoms. The van der Waals surface area contributed by atoms with E-state index in [2.05, 4.69) is 32.0 Å². The smallest absolute Gasteiger partial charge is 0.223 e. The van der Waals surface area contributed by atoms with Gasteiger partial charge in [0, 0.05) is 36.2 Å². The van der Waals surface area contributed by atoms with Gasteiger partial charge in [0.05, 0.1) is 0 Å². The summed E-state index contributed by atoms with van der Waals surface area (Å²) in [5.41, 5.74) is 8.43. The zero-order valence-corrected chi connectivity index (χ0v) is 12.5. The summed E-state index contributed by atoms with van der Waals surface area (Å²) in [6.45, 7) is 5.79. The van der Waals surface area contributed by atoms with E-state index in [1.54, 1.807) is 11.8 Å². The Balaban J connectivity index is 1.77. The molecule has 0 aromatic heterocycles. The van der Waals surface area contributed by atoms with Crippen molar-refractivity contribution in [3.63, 3.8) is 0 Å². The van der Waals surface area contributed by atoms with Crippen LogP contribution in [0, 0.1) is 13.8 Å². The number of hydrogen-bond acceptors (Lipinski definition) is 3. The number of nitrogens with two attached hydrogens (primary N) is 1. The number of nitrogens with zero attached hydrogens (tertiary/aromatic N) is 1. The number of likely N-dealkylation sites (tertiary alicyclic amines) is 1. The Hall–Kier alpha value is -1.00. The Morgan fingerprint density at radius 2 is 2.21 bits per heavy atom. The van der Waals surface area contributed by atoms with Crippen LogP contribution in [0.1, 0.15) is 24.0 Å². The van der Waals surface area contributed by atoms with E-state index >= 15 is 0 Å². The lowest BCUT2D eigenvalue weighted by Crippen LogP contribution is -2.31. The van der Waals surface area contributed by atoms with Crippen LogP contribution in [0.15, 0.2) is 23.1 Å². The first-order valence-electron chi connectivity index (χ1n) is 6.79. The van der Waals surface area contributed by atoms with E-state index < -0.39 is 0 Å². The second kappa shape index (κ2) is 6.44. The largest absolute Gasteiger partial charge is 0.341 e. The SMILES string of the molecule is Cc1ccc(SCCC(=O)N2CC[C@@H](N)C2)cc1C. The van der Waals surface area contributed by atoms with E-state index in [4.69, 9.17) is 5.73 Å². The topological polar surface area (TPSA) is 46.3 Å². The maximum absolute atomic E-state index is 12.0. The molecular weight excluding hydrogens is 256 g/mol. The van der Waals surface area contributed by atoms with E-state index in [1.165, 1.54) is 16.0 Å². The maximum atomic E-state index is 12.0. The summed E-state index contributed by atoms with van der Waals surface area (Å²) < 4.78 is 0. The van der Waals surface area contributed by atoms with Crippen LogP contribution < -0.4 is 5.73 Å². The molecule has 0 spiro atoms. The van der Waals surface area contributed by atoms with E-state index in [-0.39, 0.29) is 11.9 Å². The van der Waals surface area contributed by atoms with Gasteiger partial charge in [-0.25, -0.2) is 0 Å². The highest BCUT2D eigenvalue weighted by atomic mass is 32.2. The first kappa shape index (κ1) is 14.4. The van der Waals surface area contributed by atoms with Crippen molar-refractivity contribution in [2.75, 3.05) is 18.8 Å². The Labute approximate surface area is 119 Å². The van der Waals surface area contributed by atoms with E-state index in [0.717, 1.165) is 25.3 Å². The maximum Gasteiger partial charge on any atom is 0.223 e. The lowest BCUT2D eigenvalue weighted by atomic mass is 10.1. The number of rotatable bonds is 4. The normalized spacial score (nSPS) is 18.9. The van der Waals surface area contributed by atoms with Crippen LogP contribution in [-0.2, 0) is 4.79 Å². The molecule has 0 unspecified atom stereocenters. The summed E-state index contributed by atoms with van der Waals surface area (Å²) in [4.78, 5) is 15.1. The lowest BCUT2D eigenvalue weighted by molar-refractivity contribution is -0.129. The minimum absolute atomic E-state index is 0.177. The molecule has 0 bridgehead atoms. The predicted molar refractivity (Wildman–Crippen MR) is 80.4 cm³/mol. The summed E-state index contributed by atoms with van der Waals surface area (Å²) in [7, 11) is 0. The minimum Gasteiger partial charge on any atom is -0.341 e. The Kier molecular flexibility index (Phi) is 4.88. The average molecular weight is 278 g/mol. The third-order valence-electron chi connectivity index (χ3n) is 3.64. The molecule has 2 N–H and O–H groups in total. The van der Waals surface area contributed by atoms with Gasteiger partial charge in [0.1, 0.15) is 0 Å². The monoisotopic (exact) mass is 278 g/mol. The number of aryl methyl sites for hydroxylation is 2. The second-order valence-electron chi connectivity index (χ2n) is 5.23. The molecule has 2 rings (SSSR count). The number of carbonyl (C=O) groups excluding carboxylic acids is 1. The molecule has 0 aliphatic carbocycles. The summed E-state index contributed by atoms with van der Waals surface area (Å²) >= 11 is 1.75. The molecule has 19 heavy (non-hydrogen) atoms. The Morgan fingerprint density at radius 3 is 2.84 bits per heavy atom. The van der Waals surface area contributed by atoms with Gasteiger partial charge in [0.15, 0.2) is 0 Å². The molecule has 1 aromatic rings. The molecule has 1 heterocycles. The van der Waals surface area contributed by atoms with Crippen molar-refractivity contribution in [2.24, 2.45) is 5.73 Å². The van der Waals surface area contributed by atoms with Gasteiger partial charge >= 0.3 is 0 Å². The number of carbonyl (C=O) groups is 1. The third-order valence-corrected chi connectivity index (χ3v) is 4.64. The third kappa shape index (κ3) is 3.98. The first-order chi connectivity index (χ1) is 9.06. The first-order valence-corrected chi connectivity index (χ1v) is 7.78. The van der Waals surface area contributed by atoms with Crippen LogP contribution in [0.2, 0.25) is 0 Å². The van der Waals surface area contributed by atoms with E-state index in [9.17, 15) is 4.79 Å². The molecule has 104 valence electrons. The van der Waals surface area contributed by atoms with Crippen LogP contribution in [0.5, 0.6) is 0 Å². The van der Waals surface area contributed by atoms with Gasteiger partial charge in [-0.2, -0.15) is 0 Å². The average Bonchev–Trinajstić information content (AvgIpc) is 2.80. The number of amides is 1.